The van der Waals surface area contributed by atoms with E-state index in [1.807, 2.05) is 6.07 Å². The highest BCUT2D eigenvalue weighted by Gasteiger charge is 2.30. The van der Waals surface area contributed by atoms with Crippen LogP contribution in [0.4, 0.5) is 20.2 Å². The van der Waals surface area contributed by atoms with Crippen LogP contribution in [0.5, 0.6) is 0 Å². The number of thiazole rings is 1. The summed E-state index contributed by atoms with van der Waals surface area (Å²) in [6, 6.07) is 5.91. The number of thiophene rings is 1. The number of benzene rings is 1. The standard InChI is InChI=1S/C22H22F2N4S2/c1-3-28-8-4-5-13(12(28)2)18-9-14-20(15(23)10-25-22(14)30-18)27-16-6-7-17-21(19(16)24)26-11-29-17/h6-7,9-13H,3-5,8H2,1-2H3,(H,25,27)/t12-,13+/m0/s1. The highest BCUT2D eigenvalue weighted by atomic mass is 32.1. The van der Waals surface area contributed by atoms with E-state index in [2.05, 4.69) is 34.0 Å². The summed E-state index contributed by atoms with van der Waals surface area (Å²) in [6.07, 6.45) is 3.49. The normalized spacial score (nSPS) is 20.3. The Balaban J connectivity index is 1.55. The molecule has 4 aromatic rings. The number of pyridine rings is 1. The van der Waals surface area contributed by atoms with Gasteiger partial charge in [-0.1, -0.05) is 6.92 Å². The first kappa shape index (κ1) is 19.8. The zero-order valence-electron chi connectivity index (χ0n) is 16.8. The third-order valence-corrected chi connectivity index (χ3v) is 8.09. The zero-order chi connectivity index (χ0) is 20.8. The lowest BCUT2D eigenvalue weighted by Gasteiger charge is -2.38. The Morgan fingerprint density at radius 2 is 2.13 bits per heavy atom. The first-order chi connectivity index (χ1) is 14.6. The highest BCUT2D eigenvalue weighted by molar-refractivity contribution is 7.18. The van der Waals surface area contributed by atoms with Crippen LogP contribution in [0.3, 0.4) is 0 Å². The van der Waals surface area contributed by atoms with E-state index in [0.29, 0.717) is 22.9 Å². The Kier molecular flexibility index (Phi) is 5.16. The lowest BCUT2D eigenvalue weighted by Crippen LogP contribution is -2.41. The molecule has 2 atom stereocenters. The van der Waals surface area contributed by atoms with E-state index in [1.54, 1.807) is 29.0 Å². The molecule has 30 heavy (non-hydrogen) atoms. The van der Waals surface area contributed by atoms with Crippen LogP contribution < -0.4 is 5.32 Å². The number of nitrogens with zero attached hydrogens (tertiary/aromatic N) is 3. The largest absolute Gasteiger partial charge is 0.350 e. The van der Waals surface area contributed by atoms with Gasteiger partial charge in [0.15, 0.2) is 11.6 Å². The van der Waals surface area contributed by atoms with Gasteiger partial charge in [-0.25, -0.2) is 18.7 Å². The monoisotopic (exact) mass is 444 g/mol. The molecular weight excluding hydrogens is 422 g/mol. The van der Waals surface area contributed by atoms with Crippen LogP contribution in [0.15, 0.2) is 29.9 Å². The number of aromatic nitrogens is 2. The van der Waals surface area contributed by atoms with Crippen molar-refractivity contribution in [2.24, 2.45) is 0 Å². The molecule has 0 unspecified atom stereocenters. The Hall–Kier alpha value is -2.16. The lowest BCUT2D eigenvalue weighted by molar-refractivity contribution is 0.148. The van der Waals surface area contributed by atoms with Crippen molar-refractivity contribution < 1.29 is 8.78 Å². The van der Waals surface area contributed by atoms with Crippen LogP contribution in [0.1, 0.15) is 37.5 Å². The van der Waals surface area contributed by atoms with Crippen molar-refractivity contribution >= 4 is 54.5 Å². The number of hydrogen-bond donors (Lipinski definition) is 1. The summed E-state index contributed by atoms with van der Waals surface area (Å²) in [5.41, 5.74) is 2.40. The lowest BCUT2D eigenvalue weighted by atomic mass is 9.89. The summed E-state index contributed by atoms with van der Waals surface area (Å²) in [6.45, 7) is 6.61. The van der Waals surface area contributed by atoms with Crippen molar-refractivity contribution in [2.45, 2.75) is 38.6 Å². The van der Waals surface area contributed by atoms with Gasteiger partial charge in [-0.05, 0) is 51.1 Å². The molecule has 4 nitrogen and oxygen atoms in total. The smallest absolute Gasteiger partial charge is 0.173 e. The molecule has 4 heterocycles. The SMILES string of the molecule is CCN1CCC[C@@H](c2cc3c(Nc4ccc5scnc5c4F)c(F)cnc3s2)[C@@H]1C. The molecule has 8 heteroatoms. The molecule has 0 radical (unpaired) electrons. The number of halogens is 2. The predicted molar refractivity (Wildman–Crippen MR) is 121 cm³/mol. The number of fused-ring (bicyclic) bond motifs is 2. The Morgan fingerprint density at radius 1 is 1.27 bits per heavy atom. The van der Waals surface area contributed by atoms with Gasteiger partial charge in [-0.3, -0.25) is 0 Å². The molecule has 0 spiro atoms. The van der Waals surface area contributed by atoms with Gasteiger partial charge in [-0.2, -0.15) is 0 Å². The van der Waals surface area contributed by atoms with Crippen molar-refractivity contribution in [1.29, 1.82) is 0 Å². The Labute approximate surface area is 181 Å². The second-order valence-electron chi connectivity index (χ2n) is 7.72. The van der Waals surface area contributed by atoms with Crippen molar-refractivity contribution in [1.82, 2.24) is 14.9 Å². The quantitative estimate of drug-likeness (QED) is 0.389. The van der Waals surface area contributed by atoms with Gasteiger partial charge in [0, 0.05) is 22.2 Å². The fourth-order valence-corrected chi connectivity index (χ4v) is 6.38. The van der Waals surface area contributed by atoms with E-state index in [1.165, 1.54) is 22.4 Å². The van der Waals surface area contributed by atoms with E-state index in [0.717, 1.165) is 35.5 Å². The number of rotatable bonds is 4. The molecule has 156 valence electrons. The summed E-state index contributed by atoms with van der Waals surface area (Å²) >= 11 is 2.99. The van der Waals surface area contributed by atoms with Crippen LogP contribution in [0.25, 0.3) is 20.4 Å². The number of likely N-dealkylation sites (tertiary alicyclic amines) is 1. The minimum atomic E-state index is -0.489. The van der Waals surface area contributed by atoms with E-state index < -0.39 is 11.6 Å². The summed E-state index contributed by atoms with van der Waals surface area (Å²) in [5.74, 6) is -0.554. The van der Waals surface area contributed by atoms with Crippen LogP contribution in [0, 0.1) is 11.6 Å². The predicted octanol–water partition coefficient (Wildman–Crippen LogP) is 6.52. The first-order valence-corrected chi connectivity index (χ1v) is 11.9. The molecule has 0 amide bonds. The average Bonchev–Trinajstić information content (AvgIpc) is 3.39. The van der Waals surface area contributed by atoms with Crippen molar-refractivity contribution in [3.8, 4) is 0 Å². The topological polar surface area (TPSA) is 41.0 Å². The van der Waals surface area contributed by atoms with Crippen molar-refractivity contribution in [3.63, 3.8) is 0 Å². The summed E-state index contributed by atoms with van der Waals surface area (Å²) in [5, 5.41) is 3.69. The van der Waals surface area contributed by atoms with Crippen LogP contribution in [-0.2, 0) is 0 Å². The van der Waals surface area contributed by atoms with Crippen LogP contribution in [-0.4, -0.2) is 34.0 Å². The van der Waals surface area contributed by atoms with Gasteiger partial charge in [0.25, 0.3) is 0 Å². The fourth-order valence-electron chi connectivity index (χ4n) is 4.46. The minimum Gasteiger partial charge on any atom is -0.350 e. The van der Waals surface area contributed by atoms with Gasteiger partial charge in [0.2, 0.25) is 0 Å². The molecule has 0 saturated carbocycles. The molecule has 3 aromatic heterocycles. The average molecular weight is 445 g/mol. The molecule has 1 aliphatic heterocycles. The van der Waals surface area contributed by atoms with Gasteiger partial charge in [0.05, 0.1) is 27.8 Å². The molecule has 1 saturated heterocycles. The maximum Gasteiger partial charge on any atom is 0.173 e. The van der Waals surface area contributed by atoms with Crippen molar-refractivity contribution in [3.05, 3.63) is 46.4 Å². The molecule has 1 aromatic carbocycles. The molecule has 1 fully saturated rings. The number of hydrogen-bond acceptors (Lipinski definition) is 6. The maximum atomic E-state index is 14.9. The third-order valence-electron chi connectivity index (χ3n) is 6.13. The summed E-state index contributed by atoms with van der Waals surface area (Å²) in [4.78, 5) is 12.9. The molecule has 0 bridgehead atoms. The molecule has 1 N–H and O–H groups in total. The maximum absolute atomic E-state index is 14.9. The van der Waals surface area contributed by atoms with Gasteiger partial charge in [-0.15, -0.1) is 22.7 Å². The van der Waals surface area contributed by atoms with Gasteiger partial charge >= 0.3 is 0 Å². The van der Waals surface area contributed by atoms with Crippen LogP contribution >= 0.6 is 22.7 Å². The zero-order valence-corrected chi connectivity index (χ0v) is 18.4. The first-order valence-electron chi connectivity index (χ1n) is 10.2. The van der Waals surface area contributed by atoms with E-state index in [4.69, 9.17) is 0 Å². The number of piperidine rings is 1. The second kappa shape index (κ2) is 7.83. The Morgan fingerprint density at radius 3 is 2.97 bits per heavy atom. The third kappa shape index (κ3) is 3.27. The number of anilines is 2. The molecular formula is C22H22F2N4S2. The fraction of sp³-hybridized carbons (Fsp3) is 0.364. The number of likely N-dealkylation sites (N-methyl/N-ethyl adjacent to an activating group) is 1. The van der Waals surface area contributed by atoms with Gasteiger partial charge in [0.1, 0.15) is 10.3 Å². The second-order valence-corrected chi connectivity index (χ2v) is 9.67. The molecule has 1 aliphatic rings. The highest BCUT2D eigenvalue weighted by Crippen LogP contribution is 2.41. The molecule has 0 aliphatic carbocycles. The minimum absolute atomic E-state index is 0.218. The summed E-state index contributed by atoms with van der Waals surface area (Å²) < 4.78 is 30.4. The van der Waals surface area contributed by atoms with Crippen LogP contribution in [0.2, 0.25) is 0 Å². The summed E-state index contributed by atoms with van der Waals surface area (Å²) in [7, 11) is 0. The van der Waals surface area contributed by atoms with E-state index in [9.17, 15) is 8.78 Å². The van der Waals surface area contributed by atoms with E-state index >= 15 is 0 Å². The van der Waals surface area contributed by atoms with E-state index in [-0.39, 0.29) is 11.4 Å². The van der Waals surface area contributed by atoms with Gasteiger partial charge < -0.3 is 10.2 Å². The Bertz CT molecular complexity index is 1220. The number of nitrogens with one attached hydrogen (secondary N) is 1. The van der Waals surface area contributed by atoms with Crippen molar-refractivity contribution in [2.75, 3.05) is 18.4 Å². The molecule has 5 rings (SSSR count).